The van der Waals surface area contributed by atoms with Gasteiger partial charge in [-0.3, -0.25) is 9.59 Å². The molecule has 2 heterocycles. The summed E-state index contributed by atoms with van der Waals surface area (Å²) >= 11 is 0. The van der Waals surface area contributed by atoms with Gasteiger partial charge in [0, 0.05) is 16.8 Å². The van der Waals surface area contributed by atoms with Crippen LogP contribution in [-0.2, 0) is 0 Å². The predicted octanol–water partition coefficient (Wildman–Crippen LogP) is 4.65. The predicted molar refractivity (Wildman–Crippen MR) is 106 cm³/mol. The number of pyridine rings is 1. The molecular formula is C22H17N3O3. The van der Waals surface area contributed by atoms with E-state index in [4.69, 9.17) is 4.52 Å². The maximum absolute atomic E-state index is 13.0. The van der Waals surface area contributed by atoms with Gasteiger partial charge in [-0.25, -0.2) is 4.98 Å². The summed E-state index contributed by atoms with van der Waals surface area (Å²) in [5.41, 5.74) is 3.86. The van der Waals surface area contributed by atoms with Crippen LogP contribution in [0.1, 0.15) is 33.3 Å². The lowest BCUT2D eigenvalue weighted by Crippen LogP contribution is -2.13. The Morgan fingerprint density at radius 3 is 2.54 bits per heavy atom. The molecule has 6 heteroatoms. The number of nitrogens with one attached hydrogen (secondary N) is 1. The molecule has 0 saturated carbocycles. The van der Waals surface area contributed by atoms with Gasteiger partial charge < -0.3 is 9.84 Å². The minimum absolute atomic E-state index is 0.0661. The fraction of sp³-hybridized carbons (Fsp3) is 0.0909. The molecule has 4 aromatic rings. The lowest BCUT2D eigenvalue weighted by Gasteiger charge is -2.09. The third kappa shape index (κ3) is 3.27. The summed E-state index contributed by atoms with van der Waals surface area (Å²) in [6, 6.07) is 18.1. The summed E-state index contributed by atoms with van der Waals surface area (Å²) in [5.74, 6) is -0.389. The number of anilines is 1. The van der Waals surface area contributed by atoms with Crippen LogP contribution in [0.5, 0.6) is 0 Å². The van der Waals surface area contributed by atoms with E-state index in [1.165, 1.54) is 6.92 Å². The van der Waals surface area contributed by atoms with Gasteiger partial charge in [-0.2, -0.15) is 0 Å². The number of carbonyl (C=O) groups excluding carboxylic acids is 2. The Morgan fingerprint density at radius 1 is 1.00 bits per heavy atom. The lowest BCUT2D eigenvalue weighted by molar-refractivity contribution is 0.101. The Labute approximate surface area is 161 Å². The molecule has 6 nitrogen and oxygen atoms in total. The standard InChI is InChI=1S/C22H17N3O3/c1-13-20-18(21(27)23-17-10-6-9-16(11-17)14(2)26)12-19(24-22(20)28-25-13)15-7-4-3-5-8-15/h3-12H,1-2H3,(H,23,27). The Hall–Kier alpha value is -3.80. The van der Waals surface area contributed by atoms with Crippen molar-refractivity contribution in [2.24, 2.45) is 0 Å². The fourth-order valence-corrected chi connectivity index (χ4v) is 3.04. The van der Waals surface area contributed by atoms with Crippen molar-refractivity contribution < 1.29 is 14.1 Å². The Balaban J connectivity index is 1.78. The summed E-state index contributed by atoms with van der Waals surface area (Å²) in [4.78, 5) is 29.1. The molecule has 28 heavy (non-hydrogen) atoms. The van der Waals surface area contributed by atoms with Gasteiger partial charge in [0.2, 0.25) is 0 Å². The van der Waals surface area contributed by atoms with Crippen LogP contribution in [-0.4, -0.2) is 21.8 Å². The lowest BCUT2D eigenvalue weighted by atomic mass is 10.0. The van der Waals surface area contributed by atoms with Crippen LogP contribution in [0.25, 0.3) is 22.4 Å². The van der Waals surface area contributed by atoms with Crippen molar-refractivity contribution in [3.63, 3.8) is 0 Å². The molecule has 138 valence electrons. The molecule has 0 aliphatic rings. The number of Topliss-reactive ketones (excluding diaryl/α,β-unsaturated/α-hetero) is 1. The van der Waals surface area contributed by atoms with Crippen molar-refractivity contribution in [2.45, 2.75) is 13.8 Å². The first-order valence-corrected chi connectivity index (χ1v) is 8.78. The molecule has 2 aromatic carbocycles. The molecule has 0 saturated heterocycles. The largest absolute Gasteiger partial charge is 0.335 e. The van der Waals surface area contributed by atoms with E-state index in [0.717, 1.165) is 5.56 Å². The zero-order valence-corrected chi connectivity index (χ0v) is 15.4. The number of carbonyl (C=O) groups is 2. The number of aromatic nitrogens is 2. The molecule has 0 fully saturated rings. The summed E-state index contributed by atoms with van der Waals surface area (Å²) in [6.45, 7) is 3.25. The van der Waals surface area contributed by atoms with Crippen LogP contribution in [0.4, 0.5) is 5.69 Å². The van der Waals surface area contributed by atoms with Gasteiger partial charge in [-0.15, -0.1) is 0 Å². The number of amides is 1. The zero-order valence-electron chi connectivity index (χ0n) is 15.4. The Morgan fingerprint density at radius 2 is 1.79 bits per heavy atom. The molecular weight excluding hydrogens is 354 g/mol. The Bertz CT molecular complexity index is 1200. The first-order valence-electron chi connectivity index (χ1n) is 8.78. The minimum atomic E-state index is -0.323. The van der Waals surface area contributed by atoms with Crippen LogP contribution < -0.4 is 5.32 Å². The van der Waals surface area contributed by atoms with E-state index in [1.54, 1.807) is 37.3 Å². The average molecular weight is 371 g/mol. The van der Waals surface area contributed by atoms with E-state index in [9.17, 15) is 9.59 Å². The summed E-state index contributed by atoms with van der Waals surface area (Å²) in [6.07, 6.45) is 0. The van der Waals surface area contributed by atoms with Gasteiger partial charge >= 0.3 is 0 Å². The monoisotopic (exact) mass is 371 g/mol. The normalized spacial score (nSPS) is 10.8. The SMILES string of the molecule is CC(=O)c1cccc(NC(=O)c2cc(-c3ccccc3)nc3onc(C)c23)c1. The topological polar surface area (TPSA) is 85.1 Å². The maximum Gasteiger partial charge on any atom is 0.259 e. The van der Waals surface area contributed by atoms with E-state index in [-0.39, 0.29) is 11.7 Å². The third-order valence-corrected chi connectivity index (χ3v) is 4.46. The number of benzene rings is 2. The van der Waals surface area contributed by atoms with E-state index < -0.39 is 0 Å². The Kier molecular flexibility index (Phi) is 4.45. The second-order valence-corrected chi connectivity index (χ2v) is 6.46. The van der Waals surface area contributed by atoms with Crippen molar-refractivity contribution in [3.05, 3.63) is 77.5 Å². The van der Waals surface area contributed by atoms with E-state index in [1.807, 2.05) is 30.3 Å². The third-order valence-electron chi connectivity index (χ3n) is 4.46. The fourth-order valence-electron chi connectivity index (χ4n) is 3.04. The molecule has 0 spiro atoms. The van der Waals surface area contributed by atoms with Crippen molar-refractivity contribution in [2.75, 3.05) is 5.32 Å². The second-order valence-electron chi connectivity index (χ2n) is 6.46. The highest BCUT2D eigenvalue weighted by Crippen LogP contribution is 2.27. The first-order chi connectivity index (χ1) is 13.5. The molecule has 0 aliphatic heterocycles. The summed E-state index contributed by atoms with van der Waals surface area (Å²) < 4.78 is 5.32. The van der Waals surface area contributed by atoms with Crippen LogP contribution in [0, 0.1) is 6.92 Å². The molecule has 1 amide bonds. The van der Waals surface area contributed by atoms with Gasteiger partial charge in [0.05, 0.1) is 22.3 Å². The first kappa shape index (κ1) is 17.6. The molecule has 0 unspecified atom stereocenters. The van der Waals surface area contributed by atoms with Crippen molar-refractivity contribution in [1.82, 2.24) is 10.1 Å². The number of hydrogen-bond acceptors (Lipinski definition) is 5. The van der Waals surface area contributed by atoms with Crippen LogP contribution in [0.2, 0.25) is 0 Å². The highest BCUT2D eigenvalue weighted by molar-refractivity contribution is 6.13. The van der Waals surface area contributed by atoms with Gasteiger partial charge in [0.15, 0.2) is 5.78 Å². The minimum Gasteiger partial charge on any atom is -0.335 e. The van der Waals surface area contributed by atoms with Gasteiger partial charge in [0.1, 0.15) is 0 Å². The maximum atomic E-state index is 13.0. The van der Waals surface area contributed by atoms with Crippen LogP contribution >= 0.6 is 0 Å². The highest BCUT2D eigenvalue weighted by Gasteiger charge is 2.19. The quantitative estimate of drug-likeness (QED) is 0.528. The number of nitrogens with zero attached hydrogens (tertiary/aromatic N) is 2. The molecule has 1 N–H and O–H groups in total. The van der Waals surface area contributed by atoms with E-state index >= 15 is 0 Å². The number of ketones is 1. The molecule has 2 aromatic heterocycles. The van der Waals surface area contributed by atoms with Crippen LogP contribution in [0.15, 0.2) is 65.2 Å². The number of hydrogen-bond donors (Lipinski definition) is 1. The van der Waals surface area contributed by atoms with Crippen molar-refractivity contribution in [1.29, 1.82) is 0 Å². The van der Waals surface area contributed by atoms with Gasteiger partial charge in [0.25, 0.3) is 11.6 Å². The smallest absolute Gasteiger partial charge is 0.259 e. The molecule has 0 radical (unpaired) electrons. The number of fused-ring (bicyclic) bond motifs is 1. The number of aryl methyl sites for hydroxylation is 1. The van der Waals surface area contributed by atoms with Crippen LogP contribution in [0.3, 0.4) is 0 Å². The van der Waals surface area contributed by atoms with Gasteiger partial charge in [-0.05, 0) is 32.0 Å². The molecule has 0 aliphatic carbocycles. The zero-order chi connectivity index (χ0) is 19.7. The molecule has 0 bridgehead atoms. The second kappa shape index (κ2) is 7.08. The molecule has 4 rings (SSSR count). The van der Waals surface area contributed by atoms with Crippen molar-refractivity contribution in [3.8, 4) is 11.3 Å². The van der Waals surface area contributed by atoms with Crippen molar-refractivity contribution >= 4 is 28.5 Å². The molecule has 0 atom stereocenters. The van der Waals surface area contributed by atoms with E-state index in [0.29, 0.717) is 39.3 Å². The van der Waals surface area contributed by atoms with Gasteiger partial charge in [-0.1, -0.05) is 47.6 Å². The summed E-state index contributed by atoms with van der Waals surface area (Å²) in [5, 5.41) is 7.38. The van der Waals surface area contributed by atoms with E-state index in [2.05, 4.69) is 15.5 Å². The summed E-state index contributed by atoms with van der Waals surface area (Å²) in [7, 11) is 0. The average Bonchev–Trinajstić information content (AvgIpc) is 3.09. The number of rotatable bonds is 4. The highest BCUT2D eigenvalue weighted by atomic mass is 16.5.